The zero-order chi connectivity index (χ0) is 11.8. The van der Waals surface area contributed by atoms with Crippen molar-refractivity contribution < 1.29 is 14.9 Å². The van der Waals surface area contributed by atoms with Crippen LogP contribution in [0.2, 0.25) is 0 Å². The van der Waals surface area contributed by atoms with Gasteiger partial charge in [-0.3, -0.25) is 0 Å². The summed E-state index contributed by atoms with van der Waals surface area (Å²) in [6.45, 7) is 3.73. The standard InChI is InChI=1S/C13H18O3/c1-2-6-13(12(15)9-14)16-10-11-7-4-3-5-8-11/h2-5,7-8,12-15H,1,6,9-10H2. The van der Waals surface area contributed by atoms with E-state index in [9.17, 15) is 5.11 Å². The molecular formula is C13H18O3. The Morgan fingerprint density at radius 1 is 1.31 bits per heavy atom. The number of rotatable bonds is 7. The predicted octanol–water partition coefficient (Wildman–Crippen LogP) is 1.50. The van der Waals surface area contributed by atoms with Crippen LogP contribution in [0.5, 0.6) is 0 Å². The van der Waals surface area contributed by atoms with E-state index in [1.54, 1.807) is 6.08 Å². The van der Waals surface area contributed by atoms with E-state index in [2.05, 4.69) is 6.58 Å². The van der Waals surface area contributed by atoms with Crippen LogP contribution < -0.4 is 0 Å². The highest BCUT2D eigenvalue weighted by Crippen LogP contribution is 2.09. The van der Waals surface area contributed by atoms with E-state index in [0.717, 1.165) is 5.56 Å². The van der Waals surface area contributed by atoms with Gasteiger partial charge in [-0.05, 0) is 12.0 Å². The number of hydrogen-bond acceptors (Lipinski definition) is 3. The highest BCUT2D eigenvalue weighted by Gasteiger charge is 2.17. The van der Waals surface area contributed by atoms with Gasteiger partial charge in [0.2, 0.25) is 0 Å². The Hall–Kier alpha value is -1.16. The number of aliphatic hydroxyl groups is 2. The van der Waals surface area contributed by atoms with Gasteiger partial charge in [-0.15, -0.1) is 6.58 Å². The van der Waals surface area contributed by atoms with Crippen molar-refractivity contribution in [3.8, 4) is 0 Å². The summed E-state index contributed by atoms with van der Waals surface area (Å²) in [7, 11) is 0. The Balaban J connectivity index is 2.46. The molecule has 2 unspecified atom stereocenters. The summed E-state index contributed by atoms with van der Waals surface area (Å²) < 4.78 is 5.54. The summed E-state index contributed by atoms with van der Waals surface area (Å²) in [5.74, 6) is 0. The van der Waals surface area contributed by atoms with Gasteiger partial charge >= 0.3 is 0 Å². The molecule has 3 heteroatoms. The first-order chi connectivity index (χ1) is 7.77. The summed E-state index contributed by atoms with van der Waals surface area (Å²) in [6, 6.07) is 9.72. The van der Waals surface area contributed by atoms with Crippen molar-refractivity contribution in [3.63, 3.8) is 0 Å². The van der Waals surface area contributed by atoms with Crippen molar-refractivity contribution in [2.45, 2.75) is 25.2 Å². The zero-order valence-corrected chi connectivity index (χ0v) is 9.25. The minimum absolute atomic E-state index is 0.298. The molecule has 0 heterocycles. The molecule has 0 spiro atoms. The van der Waals surface area contributed by atoms with E-state index >= 15 is 0 Å². The predicted molar refractivity (Wildman–Crippen MR) is 62.9 cm³/mol. The van der Waals surface area contributed by atoms with Crippen LogP contribution in [-0.4, -0.2) is 29.0 Å². The molecule has 0 saturated heterocycles. The minimum Gasteiger partial charge on any atom is -0.394 e. The van der Waals surface area contributed by atoms with E-state index in [-0.39, 0.29) is 6.61 Å². The van der Waals surface area contributed by atoms with Crippen LogP contribution in [0.3, 0.4) is 0 Å². The average Bonchev–Trinajstić information content (AvgIpc) is 2.34. The highest BCUT2D eigenvalue weighted by molar-refractivity contribution is 5.13. The van der Waals surface area contributed by atoms with Gasteiger partial charge in [0.25, 0.3) is 0 Å². The summed E-state index contributed by atoms with van der Waals surface area (Å²) in [5, 5.41) is 18.4. The molecule has 0 saturated carbocycles. The summed E-state index contributed by atoms with van der Waals surface area (Å²) in [4.78, 5) is 0. The van der Waals surface area contributed by atoms with E-state index in [4.69, 9.17) is 9.84 Å². The molecule has 0 aliphatic heterocycles. The van der Waals surface area contributed by atoms with E-state index < -0.39 is 12.2 Å². The fraction of sp³-hybridized carbons (Fsp3) is 0.385. The number of ether oxygens (including phenoxy) is 1. The number of hydrogen-bond donors (Lipinski definition) is 2. The number of aliphatic hydroxyl groups excluding tert-OH is 2. The molecule has 1 aromatic rings. The van der Waals surface area contributed by atoms with Crippen molar-refractivity contribution in [3.05, 3.63) is 48.6 Å². The van der Waals surface area contributed by atoms with E-state index in [0.29, 0.717) is 13.0 Å². The lowest BCUT2D eigenvalue weighted by Gasteiger charge is -2.20. The average molecular weight is 222 g/mol. The molecule has 3 nitrogen and oxygen atoms in total. The molecule has 0 aliphatic carbocycles. The number of benzene rings is 1. The van der Waals surface area contributed by atoms with Gasteiger partial charge in [0.05, 0.1) is 19.3 Å². The lowest BCUT2D eigenvalue weighted by atomic mass is 10.1. The van der Waals surface area contributed by atoms with Gasteiger partial charge in [-0.25, -0.2) is 0 Å². The molecule has 16 heavy (non-hydrogen) atoms. The molecule has 1 rings (SSSR count). The normalized spacial score (nSPS) is 14.4. The van der Waals surface area contributed by atoms with Crippen LogP contribution in [0.1, 0.15) is 12.0 Å². The molecule has 0 bridgehead atoms. The van der Waals surface area contributed by atoms with Gasteiger partial charge in [-0.1, -0.05) is 36.4 Å². The molecule has 1 aromatic carbocycles. The quantitative estimate of drug-likeness (QED) is 0.687. The molecule has 0 aromatic heterocycles. The van der Waals surface area contributed by atoms with Crippen LogP contribution >= 0.6 is 0 Å². The molecule has 2 N–H and O–H groups in total. The Bertz CT molecular complexity index is 297. The zero-order valence-electron chi connectivity index (χ0n) is 9.25. The fourth-order valence-electron chi connectivity index (χ4n) is 1.40. The molecule has 0 aliphatic rings. The largest absolute Gasteiger partial charge is 0.394 e. The van der Waals surface area contributed by atoms with Gasteiger partial charge < -0.3 is 14.9 Å². The molecule has 2 atom stereocenters. The summed E-state index contributed by atoms with van der Waals surface area (Å²) in [5.41, 5.74) is 1.04. The van der Waals surface area contributed by atoms with Crippen LogP contribution in [0.25, 0.3) is 0 Å². The summed E-state index contributed by atoms with van der Waals surface area (Å²) >= 11 is 0. The van der Waals surface area contributed by atoms with Crippen molar-refractivity contribution in [1.29, 1.82) is 0 Å². The Morgan fingerprint density at radius 3 is 2.56 bits per heavy atom. The third-order valence-electron chi connectivity index (χ3n) is 2.32. The second-order valence-electron chi connectivity index (χ2n) is 3.61. The maximum Gasteiger partial charge on any atom is 0.103 e. The maximum absolute atomic E-state index is 9.50. The Kier molecular flexibility index (Phi) is 5.78. The highest BCUT2D eigenvalue weighted by atomic mass is 16.5. The third-order valence-corrected chi connectivity index (χ3v) is 2.32. The van der Waals surface area contributed by atoms with E-state index in [1.807, 2.05) is 30.3 Å². The van der Waals surface area contributed by atoms with Crippen LogP contribution in [0, 0.1) is 0 Å². The molecule has 0 fully saturated rings. The lowest BCUT2D eigenvalue weighted by molar-refractivity contribution is -0.0629. The SMILES string of the molecule is C=CCC(OCc1ccccc1)C(O)CO. The van der Waals surface area contributed by atoms with Crippen molar-refractivity contribution in [2.75, 3.05) is 6.61 Å². The van der Waals surface area contributed by atoms with Gasteiger partial charge in [-0.2, -0.15) is 0 Å². The topological polar surface area (TPSA) is 49.7 Å². The molecule has 0 amide bonds. The second-order valence-corrected chi connectivity index (χ2v) is 3.61. The Labute approximate surface area is 96.0 Å². The monoisotopic (exact) mass is 222 g/mol. The summed E-state index contributed by atoms with van der Waals surface area (Å²) in [6.07, 6.45) is 0.938. The maximum atomic E-state index is 9.50. The van der Waals surface area contributed by atoms with Gasteiger partial charge in [0.1, 0.15) is 6.10 Å². The second kappa shape index (κ2) is 7.17. The Morgan fingerprint density at radius 2 is 2.00 bits per heavy atom. The molecular weight excluding hydrogens is 204 g/mol. The van der Waals surface area contributed by atoms with Crippen molar-refractivity contribution in [2.24, 2.45) is 0 Å². The minimum atomic E-state index is -0.860. The first-order valence-corrected chi connectivity index (χ1v) is 5.33. The first kappa shape index (κ1) is 12.9. The van der Waals surface area contributed by atoms with Crippen molar-refractivity contribution in [1.82, 2.24) is 0 Å². The fourth-order valence-corrected chi connectivity index (χ4v) is 1.40. The third kappa shape index (κ3) is 4.14. The first-order valence-electron chi connectivity index (χ1n) is 5.33. The van der Waals surface area contributed by atoms with Gasteiger partial charge in [0, 0.05) is 0 Å². The van der Waals surface area contributed by atoms with E-state index in [1.165, 1.54) is 0 Å². The molecule has 88 valence electrons. The lowest BCUT2D eigenvalue weighted by Crippen LogP contribution is -2.31. The van der Waals surface area contributed by atoms with Crippen LogP contribution in [0.15, 0.2) is 43.0 Å². The molecule has 0 radical (unpaired) electrons. The smallest absolute Gasteiger partial charge is 0.103 e. The van der Waals surface area contributed by atoms with Crippen molar-refractivity contribution >= 4 is 0 Å². The van der Waals surface area contributed by atoms with Gasteiger partial charge in [0.15, 0.2) is 0 Å². The van der Waals surface area contributed by atoms with Crippen LogP contribution in [-0.2, 0) is 11.3 Å². The van der Waals surface area contributed by atoms with Crippen LogP contribution in [0.4, 0.5) is 0 Å².